The third-order valence-electron chi connectivity index (χ3n) is 1.60. The van der Waals surface area contributed by atoms with Gasteiger partial charge < -0.3 is 0 Å². The van der Waals surface area contributed by atoms with Crippen molar-refractivity contribution in [3.8, 4) is 0 Å². The largest absolute Gasteiger partial charge is 0.222 e. The van der Waals surface area contributed by atoms with Gasteiger partial charge in [-0.05, 0) is 34.8 Å². The van der Waals surface area contributed by atoms with Gasteiger partial charge in [0.2, 0.25) is 0 Å². The Hall–Kier alpha value is -0.0300. The fourth-order valence-electron chi connectivity index (χ4n) is 0.842. The maximum absolute atomic E-state index is 5.14. The first kappa shape index (κ1) is 7.61. The molecule has 1 N–H and O–H groups in total. The molecule has 0 spiro atoms. The van der Waals surface area contributed by atoms with Crippen molar-refractivity contribution in [1.82, 2.24) is 4.89 Å². The van der Waals surface area contributed by atoms with Crippen molar-refractivity contribution in [2.24, 2.45) is 0 Å². The highest BCUT2D eigenvalue weighted by Gasteiger charge is 2.35. The lowest BCUT2D eigenvalue weighted by molar-refractivity contribution is 0.468. The van der Waals surface area contributed by atoms with Crippen molar-refractivity contribution < 1.29 is 4.28 Å². The summed E-state index contributed by atoms with van der Waals surface area (Å²) in [4.78, 5) is 4.15. The lowest BCUT2D eigenvalue weighted by Gasteiger charge is -2.05. The molecular formula is C7H8BrNOS. The zero-order valence-electron chi connectivity index (χ0n) is 6.00. The highest BCUT2D eigenvalue weighted by atomic mass is 79.9. The van der Waals surface area contributed by atoms with Crippen LogP contribution in [-0.4, -0.2) is 6.26 Å². The molecule has 1 aromatic carbocycles. The Kier molecular flexibility index (Phi) is 1.72. The molecule has 0 amide bonds. The van der Waals surface area contributed by atoms with Crippen LogP contribution >= 0.6 is 26.4 Å². The summed E-state index contributed by atoms with van der Waals surface area (Å²) < 4.78 is 6.24. The number of hydrogen-bond acceptors (Lipinski definition) is 2. The van der Waals surface area contributed by atoms with Gasteiger partial charge in [0.1, 0.15) is 0 Å². The highest BCUT2D eigenvalue weighted by Crippen LogP contribution is 2.60. The Bertz CT molecular complexity index is 270. The van der Waals surface area contributed by atoms with Gasteiger partial charge >= 0.3 is 0 Å². The van der Waals surface area contributed by atoms with E-state index in [1.165, 1.54) is 4.90 Å². The summed E-state index contributed by atoms with van der Waals surface area (Å²) in [5, 5.41) is 0. The van der Waals surface area contributed by atoms with Gasteiger partial charge in [-0.25, -0.2) is 4.28 Å². The Morgan fingerprint density at radius 2 is 1.91 bits per heavy atom. The maximum atomic E-state index is 5.14. The molecule has 2 rings (SSSR count). The molecule has 4 heteroatoms. The average Bonchev–Trinajstić information content (AvgIpc) is 2.70. The monoisotopic (exact) mass is 233 g/mol. The minimum absolute atomic E-state index is 1.04. The molecule has 1 aliphatic rings. The zero-order valence-corrected chi connectivity index (χ0v) is 8.41. The van der Waals surface area contributed by atoms with Gasteiger partial charge in [-0.2, -0.15) is 0 Å². The third kappa shape index (κ3) is 1.44. The molecule has 0 bridgehead atoms. The van der Waals surface area contributed by atoms with E-state index < -0.39 is 10.5 Å². The van der Waals surface area contributed by atoms with Gasteiger partial charge in [-0.15, -0.1) is 4.89 Å². The molecule has 0 radical (unpaired) electrons. The van der Waals surface area contributed by atoms with Gasteiger partial charge in [0.25, 0.3) is 0 Å². The van der Waals surface area contributed by atoms with Crippen LogP contribution in [0.5, 0.6) is 0 Å². The van der Waals surface area contributed by atoms with Crippen molar-refractivity contribution in [3.05, 3.63) is 28.7 Å². The molecule has 0 aliphatic carbocycles. The third-order valence-corrected chi connectivity index (χ3v) is 3.96. The number of rotatable bonds is 1. The molecule has 1 fully saturated rings. The Morgan fingerprint density at radius 1 is 1.36 bits per heavy atom. The minimum atomic E-state index is -1.04. The summed E-state index contributed by atoms with van der Waals surface area (Å²) in [6, 6.07) is 8.19. The maximum Gasteiger partial charge on any atom is 0.0298 e. The van der Waals surface area contributed by atoms with Crippen LogP contribution in [0.15, 0.2) is 33.6 Å². The van der Waals surface area contributed by atoms with Crippen molar-refractivity contribution in [1.29, 1.82) is 0 Å². The van der Waals surface area contributed by atoms with Crippen LogP contribution in [-0.2, 0) is 4.28 Å². The molecule has 1 aromatic rings. The summed E-state index contributed by atoms with van der Waals surface area (Å²) in [7, 11) is -1.04. The quantitative estimate of drug-likeness (QED) is 0.758. The van der Waals surface area contributed by atoms with Crippen LogP contribution in [0.1, 0.15) is 0 Å². The number of benzene rings is 1. The van der Waals surface area contributed by atoms with Gasteiger partial charge in [0.15, 0.2) is 0 Å². The Morgan fingerprint density at radius 3 is 2.36 bits per heavy atom. The van der Waals surface area contributed by atoms with Crippen LogP contribution < -0.4 is 4.89 Å². The van der Waals surface area contributed by atoms with E-state index in [9.17, 15) is 0 Å². The number of hydrogen-bond donors (Lipinski definition) is 1. The van der Waals surface area contributed by atoms with Crippen molar-refractivity contribution in [3.63, 3.8) is 0 Å². The number of halogens is 1. The summed E-state index contributed by atoms with van der Waals surface area (Å²) in [6.45, 7) is 0. The van der Waals surface area contributed by atoms with Gasteiger partial charge in [0.05, 0.1) is 0 Å². The standard InChI is InChI=1S/C7H8BrNOS/c1-11(9-10-11)7-4-2-6(8)3-5-7/h2-5,9H,1H3. The van der Waals surface area contributed by atoms with Crippen LogP contribution in [0.4, 0.5) is 0 Å². The molecule has 0 saturated carbocycles. The van der Waals surface area contributed by atoms with Gasteiger partial charge in [-0.3, -0.25) is 0 Å². The van der Waals surface area contributed by atoms with E-state index in [1.54, 1.807) is 0 Å². The SMILES string of the molecule is CS1(c2ccc(Br)cc2)NO1. The topological polar surface area (TPSA) is 34.5 Å². The van der Waals surface area contributed by atoms with Gasteiger partial charge in [-0.1, -0.05) is 15.9 Å². The predicted octanol–water partition coefficient (Wildman–Crippen LogP) is 2.61. The second kappa shape index (κ2) is 2.48. The molecule has 1 atom stereocenters. The molecule has 1 aliphatic heterocycles. The van der Waals surface area contributed by atoms with E-state index in [1.807, 2.05) is 12.1 Å². The molecule has 1 saturated heterocycles. The zero-order chi connectivity index (χ0) is 7.90. The Labute approximate surface area is 75.7 Å². The fourth-order valence-corrected chi connectivity index (χ4v) is 2.36. The summed E-state index contributed by atoms with van der Waals surface area (Å²) in [5.41, 5.74) is 0. The van der Waals surface area contributed by atoms with Crippen molar-refractivity contribution in [2.45, 2.75) is 4.90 Å². The lowest BCUT2D eigenvalue weighted by Crippen LogP contribution is -1.82. The van der Waals surface area contributed by atoms with E-state index >= 15 is 0 Å². The predicted molar refractivity (Wildman–Crippen MR) is 50.1 cm³/mol. The van der Waals surface area contributed by atoms with E-state index in [0.717, 1.165) is 4.47 Å². The van der Waals surface area contributed by atoms with E-state index in [4.69, 9.17) is 4.28 Å². The second-order valence-electron chi connectivity index (χ2n) is 2.46. The van der Waals surface area contributed by atoms with Crippen molar-refractivity contribution in [2.75, 3.05) is 6.26 Å². The molecule has 0 aromatic heterocycles. The first-order valence-electron chi connectivity index (χ1n) is 3.20. The summed E-state index contributed by atoms with van der Waals surface area (Å²) >= 11 is 3.38. The van der Waals surface area contributed by atoms with Crippen LogP contribution in [0.3, 0.4) is 0 Å². The minimum Gasteiger partial charge on any atom is -0.222 e. The van der Waals surface area contributed by atoms with Crippen molar-refractivity contribution >= 4 is 26.4 Å². The first-order valence-corrected chi connectivity index (χ1v) is 5.96. The Balaban J connectivity index is 2.33. The average molecular weight is 234 g/mol. The first-order chi connectivity index (χ1) is 5.21. The van der Waals surface area contributed by atoms with Crippen LogP contribution in [0.25, 0.3) is 0 Å². The molecule has 60 valence electrons. The molecule has 1 unspecified atom stereocenters. The molecule has 1 heterocycles. The molecular weight excluding hydrogens is 226 g/mol. The fraction of sp³-hybridized carbons (Fsp3) is 0.143. The summed E-state index contributed by atoms with van der Waals surface area (Å²) in [5.74, 6) is 0. The smallest absolute Gasteiger partial charge is 0.0298 e. The van der Waals surface area contributed by atoms with E-state index in [-0.39, 0.29) is 0 Å². The highest BCUT2D eigenvalue weighted by molar-refractivity contribution is 9.10. The van der Waals surface area contributed by atoms with Crippen LogP contribution in [0, 0.1) is 0 Å². The second-order valence-corrected chi connectivity index (χ2v) is 5.87. The lowest BCUT2D eigenvalue weighted by atomic mass is 10.4. The van der Waals surface area contributed by atoms with E-state index in [0.29, 0.717) is 0 Å². The molecule has 11 heavy (non-hydrogen) atoms. The number of nitrogens with one attached hydrogen (secondary N) is 1. The van der Waals surface area contributed by atoms with Crippen LogP contribution in [0.2, 0.25) is 0 Å². The molecule has 2 nitrogen and oxygen atoms in total. The normalized spacial score (nSPS) is 34.4. The van der Waals surface area contributed by atoms with Gasteiger partial charge in [0, 0.05) is 15.6 Å². The summed E-state index contributed by atoms with van der Waals surface area (Å²) in [6.07, 6.45) is 2.08. The van der Waals surface area contributed by atoms with E-state index in [2.05, 4.69) is 39.2 Å².